The maximum absolute atomic E-state index is 12.2. The lowest BCUT2D eigenvalue weighted by Crippen LogP contribution is -2.49. The minimum absolute atomic E-state index is 0.0488. The minimum atomic E-state index is -0.952. The largest absolute Gasteiger partial charge is 0.409 e. The monoisotopic (exact) mass is 227 g/mol. The number of nitrogens with zero attached hydrogens (tertiary/aromatic N) is 2. The van der Waals surface area contributed by atoms with Gasteiger partial charge in [0.1, 0.15) is 5.41 Å². The average molecular weight is 227 g/mol. The summed E-state index contributed by atoms with van der Waals surface area (Å²) in [5, 5.41) is 11.6. The van der Waals surface area contributed by atoms with Gasteiger partial charge in [-0.15, -0.1) is 0 Å². The Balaban J connectivity index is 2.75. The van der Waals surface area contributed by atoms with Crippen molar-refractivity contribution in [1.29, 1.82) is 0 Å². The quantitative estimate of drug-likeness (QED) is 0.326. The van der Waals surface area contributed by atoms with Crippen LogP contribution in [0.5, 0.6) is 0 Å². The molecule has 92 valence electrons. The first-order valence-electron chi connectivity index (χ1n) is 5.57. The van der Waals surface area contributed by atoms with Crippen molar-refractivity contribution in [2.45, 2.75) is 39.7 Å². The number of hydrogen-bond acceptors (Lipinski definition) is 3. The topological polar surface area (TPSA) is 78.9 Å². The molecule has 0 aromatic heterocycles. The highest BCUT2D eigenvalue weighted by Crippen LogP contribution is 2.35. The summed E-state index contributed by atoms with van der Waals surface area (Å²) in [6.07, 6.45) is 2.37. The Hall–Kier alpha value is -1.26. The molecule has 0 aromatic rings. The Morgan fingerprint density at radius 1 is 1.56 bits per heavy atom. The number of nitrogens with two attached hydrogens (primary N) is 1. The van der Waals surface area contributed by atoms with Gasteiger partial charge >= 0.3 is 0 Å². The van der Waals surface area contributed by atoms with E-state index >= 15 is 0 Å². The smallest absolute Gasteiger partial charge is 0.235 e. The Morgan fingerprint density at radius 3 is 2.44 bits per heavy atom. The molecule has 16 heavy (non-hydrogen) atoms. The van der Waals surface area contributed by atoms with Gasteiger partial charge in [-0.25, -0.2) is 0 Å². The molecule has 0 bridgehead atoms. The van der Waals surface area contributed by atoms with Crippen LogP contribution in [0.3, 0.4) is 0 Å². The van der Waals surface area contributed by atoms with E-state index in [9.17, 15) is 4.79 Å². The molecule has 1 amide bonds. The van der Waals surface area contributed by atoms with E-state index in [4.69, 9.17) is 10.9 Å². The fraction of sp³-hybridized carbons (Fsp3) is 0.818. The summed E-state index contributed by atoms with van der Waals surface area (Å²) in [7, 11) is 1.78. The van der Waals surface area contributed by atoms with Crippen molar-refractivity contribution in [3.8, 4) is 0 Å². The van der Waals surface area contributed by atoms with Crippen LogP contribution in [0.15, 0.2) is 5.16 Å². The van der Waals surface area contributed by atoms with Gasteiger partial charge in [0, 0.05) is 13.1 Å². The summed E-state index contributed by atoms with van der Waals surface area (Å²) < 4.78 is 0. The lowest BCUT2D eigenvalue weighted by atomic mass is 9.89. The van der Waals surface area contributed by atoms with Crippen molar-refractivity contribution in [3.63, 3.8) is 0 Å². The van der Waals surface area contributed by atoms with Crippen LogP contribution in [0, 0.1) is 11.3 Å². The molecule has 3 N–H and O–H groups in total. The molecular formula is C11H21N3O2. The summed E-state index contributed by atoms with van der Waals surface area (Å²) in [5.74, 6) is 0.451. The summed E-state index contributed by atoms with van der Waals surface area (Å²) in [4.78, 5) is 13.9. The van der Waals surface area contributed by atoms with Crippen LogP contribution >= 0.6 is 0 Å². The highest BCUT2D eigenvalue weighted by molar-refractivity contribution is 6.05. The van der Waals surface area contributed by atoms with Crippen molar-refractivity contribution in [3.05, 3.63) is 0 Å². The van der Waals surface area contributed by atoms with Gasteiger partial charge in [-0.1, -0.05) is 5.16 Å². The minimum Gasteiger partial charge on any atom is -0.409 e. The fourth-order valence-electron chi connectivity index (χ4n) is 1.76. The molecule has 5 heteroatoms. The molecule has 0 saturated heterocycles. The Labute approximate surface area is 96.3 Å². The van der Waals surface area contributed by atoms with Gasteiger partial charge < -0.3 is 15.8 Å². The fourth-order valence-corrected chi connectivity index (χ4v) is 1.76. The van der Waals surface area contributed by atoms with E-state index in [-0.39, 0.29) is 17.8 Å². The molecule has 5 nitrogen and oxygen atoms in total. The van der Waals surface area contributed by atoms with E-state index in [1.54, 1.807) is 25.8 Å². The first kappa shape index (κ1) is 12.8. The molecule has 1 unspecified atom stereocenters. The van der Waals surface area contributed by atoms with E-state index in [0.717, 1.165) is 0 Å². The van der Waals surface area contributed by atoms with Crippen LogP contribution in [0.1, 0.15) is 33.6 Å². The number of carbonyl (C=O) groups excluding carboxylic acids is 1. The number of oxime groups is 1. The standard InChI is InChI=1S/C11H21N3O2/c1-7(8-5-6-8)14(4)10(15)11(2,3)9(12)13-16/h7-8,16H,5-6H2,1-4H3,(H2,12,13). The Morgan fingerprint density at radius 2 is 2.06 bits per heavy atom. The Kier molecular flexibility index (Phi) is 3.45. The summed E-state index contributed by atoms with van der Waals surface area (Å²) in [6, 6.07) is 0.221. The van der Waals surface area contributed by atoms with Gasteiger partial charge in [0.25, 0.3) is 0 Å². The van der Waals surface area contributed by atoms with Gasteiger partial charge in [0.05, 0.1) is 0 Å². The first-order valence-corrected chi connectivity index (χ1v) is 5.57. The van der Waals surface area contributed by atoms with Gasteiger partial charge in [-0.3, -0.25) is 4.79 Å². The molecule has 1 aliphatic rings. The maximum atomic E-state index is 12.2. The lowest BCUT2D eigenvalue weighted by molar-refractivity contribution is -0.138. The van der Waals surface area contributed by atoms with Gasteiger partial charge in [0.2, 0.25) is 5.91 Å². The van der Waals surface area contributed by atoms with Crippen LogP contribution < -0.4 is 5.73 Å². The zero-order valence-electron chi connectivity index (χ0n) is 10.4. The highest BCUT2D eigenvalue weighted by atomic mass is 16.4. The van der Waals surface area contributed by atoms with Crippen molar-refractivity contribution < 1.29 is 10.0 Å². The number of amidine groups is 1. The highest BCUT2D eigenvalue weighted by Gasteiger charge is 2.40. The number of amides is 1. The van der Waals surface area contributed by atoms with Crippen LogP contribution in [0.2, 0.25) is 0 Å². The van der Waals surface area contributed by atoms with Gasteiger partial charge in [-0.2, -0.15) is 0 Å². The van der Waals surface area contributed by atoms with Gasteiger partial charge in [0.15, 0.2) is 5.84 Å². The van der Waals surface area contributed by atoms with E-state index in [1.165, 1.54) is 12.8 Å². The van der Waals surface area contributed by atoms with Crippen molar-refractivity contribution in [2.24, 2.45) is 22.2 Å². The van der Waals surface area contributed by atoms with Crippen LogP contribution in [-0.2, 0) is 4.79 Å². The summed E-state index contributed by atoms with van der Waals surface area (Å²) in [6.45, 7) is 5.37. The summed E-state index contributed by atoms with van der Waals surface area (Å²) >= 11 is 0. The molecular weight excluding hydrogens is 206 g/mol. The molecule has 1 rings (SSSR count). The molecule has 1 atom stereocenters. The normalized spacial score (nSPS) is 19.4. The van der Waals surface area contributed by atoms with E-state index in [0.29, 0.717) is 5.92 Å². The number of carbonyl (C=O) groups is 1. The molecule has 1 aliphatic carbocycles. The van der Waals surface area contributed by atoms with E-state index in [2.05, 4.69) is 5.16 Å². The average Bonchev–Trinajstić information content (AvgIpc) is 3.08. The third kappa shape index (κ3) is 2.28. The molecule has 0 radical (unpaired) electrons. The number of rotatable bonds is 4. The van der Waals surface area contributed by atoms with Crippen molar-refractivity contribution in [1.82, 2.24) is 4.90 Å². The molecule has 0 spiro atoms. The second-order valence-corrected chi connectivity index (χ2v) is 5.10. The zero-order valence-corrected chi connectivity index (χ0v) is 10.4. The van der Waals surface area contributed by atoms with Crippen LogP contribution in [0.4, 0.5) is 0 Å². The second kappa shape index (κ2) is 4.31. The van der Waals surface area contributed by atoms with Crippen LogP contribution in [-0.4, -0.2) is 34.9 Å². The van der Waals surface area contributed by atoms with E-state index in [1.807, 2.05) is 6.92 Å². The van der Waals surface area contributed by atoms with E-state index < -0.39 is 5.41 Å². The zero-order chi connectivity index (χ0) is 12.5. The van der Waals surface area contributed by atoms with Gasteiger partial charge in [-0.05, 0) is 39.5 Å². The molecule has 0 aromatic carbocycles. The first-order chi connectivity index (χ1) is 7.32. The second-order valence-electron chi connectivity index (χ2n) is 5.10. The lowest BCUT2D eigenvalue weighted by Gasteiger charge is -2.32. The predicted molar refractivity (Wildman–Crippen MR) is 62.1 cm³/mol. The van der Waals surface area contributed by atoms with Crippen molar-refractivity contribution >= 4 is 11.7 Å². The molecule has 0 heterocycles. The van der Waals surface area contributed by atoms with Crippen LogP contribution in [0.25, 0.3) is 0 Å². The molecule has 1 saturated carbocycles. The number of hydrogen-bond donors (Lipinski definition) is 2. The SMILES string of the molecule is CC(C1CC1)N(C)C(=O)C(C)(C)C(N)=NO. The Bertz CT molecular complexity index is 308. The van der Waals surface area contributed by atoms with Crippen molar-refractivity contribution in [2.75, 3.05) is 7.05 Å². The third-order valence-corrected chi connectivity index (χ3v) is 3.52. The summed E-state index contributed by atoms with van der Waals surface area (Å²) in [5.41, 5.74) is 4.58. The predicted octanol–water partition coefficient (Wildman–Crippen LogP) is 1.02. The third-order valence-electron chi connectivity index (χ3n) is 3.52. The molecule has 1 fully saturated rings. The molecule has 0 aliphatic heterocycles. The maximum Gasteiger partial charge on any atom is 0.235 e.